The van der Waals surface area contributed by atoms with Crippen molar-refractivity contribution in [1.82, 2.24) is 14.0 Å². The molecule has 0 aliphatic heterocycles. The molecule has 1 aromatic heterocycles. The van der Waals surface area contributed by atoms with Crippen molar-refractivity contribution in [3.8, 4) is 0 Å². The first kappa shape index (κ1) is 18.6. The van der Waals surface area contributed by atoms with E-state index in [1.54, 1.807) is 17.0 Å². The molecule has 0 unspecified atom stereocenters. The second-order valence-corrected chi connectivity index (χ2v) is 5.82. The van der Waals surface area contributed by atoms with Crippen LogP contribution < -0.4 is 17.0 Å². The van der Waals surface area contributed by atoms with Crippen LogP contribution in [0.15, 0.2) is 33.9 Å². The standard InChI is InChI=1S/C17H21FN4O3/c1-4-22(9-11-6-5-7-12(18)8-11)10-13(23)14-15(19)20(2)17(25)21(3)16(14)24/h5-8H,4,9-10,19H2,1-3H3. The number of nitrogens with zero attached hydrogens (tertiary/aromatic N) is 3. The Kier molecular flexibility index (Phi) is 5.53. The van der Waals surface area contributed by atoms with Crippen molar-refractivity contribution in [2.24, 2.45) is 14.1 Å². The third-order valence-corrected chi connectivity index (χ3v) is 4.10. The van der Waals surface area contributed by atoms with Crippen LogP contribution in [0.4, 0.5) is 10.2 Å². The number of hydrogen-bond acceptors (Lipinski definition) is 5. The number of benzene rings is 1. The third-order valence-electron chi connectivity index (χ3n) is 4.10. The molecule has 1 heterocycles. The fourth-order valence-electron chi connectivity index (χ4n) is 2.58. The maximum absolute atomic E-state index is 13.3. The molecule has 0 saturated heterocycles. The van der Waals surface area contributed by atoms with Crippen LogP contribution in [-0.4, -0.2) is 32.9 Å². The first-order valence-corrected chi connectivity index (χ1v) is 7.81. The summed E-state index contributed by atoms with van der Waals surface area (Å²) in [6, 6.07) is 6.10. The topological polar surface area (TPSA) is 90.3 Å². The molecule has 2 N–H and O–H groups in total. The van der Waals surface area contributed by atoms with Crippen LogP contribution in [0, 0.1) is 5.82 Å². The molecular formula is C17H21FN4O3. The summed E-state index contributed by atoms with van der Waals surface area (Å²) in [6.07, 6.45) is 0. The Balaban J connectivity index is 2.29. The van der Waals surface area contributed by atoms with Crippen molar-refractivity contribution in [1.29, 1.82) is 0 Å². The molecule has 0 spiro atoms. The number of ketones is 1. The Morgan fingerprint density at radius 2 is 1.92 bits per heavy atom. The molecule has 0 aliphatic rings. The minimum absolute atomic E-state index is 0.0648. The number of halogens is 1. The average molecular weight is 348 g/mol. The summed E-state index contributed by atoms with van der Waals surface area (Å²) < 4.78 is 15.2. The van der Waals surface area contributed by atoms with Gasteiger partial charge in [0.1, 0.15) is 17.2 Å². The lowest BCUT2D eigenvalue weighted by atomic mass is 10.1. The van der Waals surface area contributed by atoms with Gasteiger partial charge in [0.05, 0.1) is 6.54 Å². The molecule has 134 valence electrons. The van der Waals surface area contributed by atoms with Gasteiger partial charge in [0, 0.05) is 20.6 Å². The van der Waals surface area contributed by atoms with Crippen LogP contribution in [0.25, 0.3) is 0 Å². The maximum atomic E-state index is 13.3. The van der Waals surface area contributed by atoms with E-state index in [1.165, 1.54) is 26.2 Å². The number of Topliss-reactive ketones (excluding diaryl/α,β-unsaturated/α-hetero) is 1. The van der Waals surface area contributed by atoms with E-state index < -0.39 is 17.0 Å². The fraction of sp³-hybridized carbons (Fsp3) is 0.353. The van der Waals surface area contributed by atoms with Gasteiger partial charge in [0.2, 0.25) is 0 Å². The lowest BCUT2D eigenvalue weighted by molar-refractivity contribution is 0.0927. The number of rotatable bonds is 6. The number of hydrogen-bond donors (Lipinski definition) is 1. The van der Waals surface area contributed by atoms with Crippen LogP contribution in [0.1, 0.15) is 22.8 Å². The highest BCUT2D eigenvalue weighted by Gasteiger charge is 2.22. The van der Waals surface area contributed by atoms with Gasteiger partial charge in [-0.05, 0) is 24.2 Å². The molecule has 0 saturated carbocycles. The van der Waals surface area contributed by atoms with Crippen molar-refractivity contribution in [3.63, 3.8) is 0 Å². The van der Waals surface area contributed by atoms with Crippen molar-refractivity contribution in [2.75, 3.05) is 18.8 Å². The van der Waals surface area contributed by atoms with Gasteiger partial charge in [-0.1, -0.05) is 19.1 Å². The molecule has 7 nitrogen and oxygen atoms in total. The number of nitrogen functional groups attached to an aromatic ring is 1. The smallest absolute Gasteiger partial charge is 0.332 e. The molecule has 2 rings (SSSR count). The highest BCUT2D eigenvalue weighted by Crippen LogP contribution is 2.10. The number of carbonyl (C=O) groups excluding carboxylic acids is 1. The summed E-state index contributed by atoms with van der Waals surface area (Å²) in [6.45, 7) is 2.67. The Bertz CT molecular complexity index is 917. The van der Waals surface area contributed by atoms with Gasteiger partial charge < -0.3 is 5.73 Å². The quantitative estimate of drug-likeness (QED) is 0.768. The van der Waals surface area contributed by atoms with Crippen molar-refractivity contribution in [2.45, 2.75) is 13.5 Å². The zero-order chi connectivity index (χ0) is 18.7. The number of likely N-dealkylation sites (N-methyl/N-ethyl adjacent to an activating group) is 1. The largest absolute Gasteiger partial charge is 0.384 e. The van der Waals surface area contributed by atoms with Gasteiger partial charge in [0.15, 0.2) is 5.78 Å². The van der Waals surface area contributed by atoms with Crippen molar-refractivity contribution in [3.05, 3.63) is 62.0 Å². The van der Waals surface area contributed by atoms with E-state index in [0.717, 1.165) is 14.7 Å². The first-order chi connectivity index (χ1) is 11.8. The Hall–Kier alpha value is -2.74. The van der Waals surface area contributed by atoms with Gasteiger partial charge in [-0.25, -0.2) is 9.18 Å². The minimum atomic E-state index is -0.715. The normalized spacial score (nSPS) is 11.1. The molecular weight excluding hydrogens is 327 g/mol. The lowest BCUT2D eigenvalue weighted by Crippen LogP contribution is -2.43. The summed E-state index contributed by atoms with van der Waals surface area (Å²) in [5.74, 6) is -0.983. The summed E-state index contributed by atoms with van der Waals surface area (Å²) in [5, 5.41) is 0. The second kappa shape index (κ2) is 7.43. The SMILES string of the molecule is CCN(CC(=O)c1c(N)n(C)c(=O)n(C)c1=O)Cc1cccc(F)c1. The van der Waals surface area contributed by atoms with Crippen LogP contribution in [0.5, 0.6) is 0 Å². The maximum Gasteiger partial charge on any atom is 0.332 e. The lowest BCUT2D eigenvalue weighted by Gasteiger charge is -2.20. The van der Waals surface area contributed by atoms with E-state index in [0.29, 0.717) is 13.1 Å². The Labute approximate surface area is 144 Å². The molecule has 0 aliphatic carbocycles. The van der Waals surface area contributed by atoms with Gasteiger partial charge >= 0.3 is 5.69 Å². The number of carbonyl (C=O) groups is 1. The van der Waals surface area contributed by atoms with Crippen LogP contribution >= 0.6 is 0 Å². The Morgan fingerprint density at radius 3 is 2.52 bits per heavy atom. The van der Waals surface area contributed by atoms with Gasteiger partial charge in [0.25, 0.3) is 5.56 Å². The molecule has 25 heavy (non-hydrogen) atoms. The first-order valence-electron chi connectivity index (χ1n) is 7.81. The monoisotopic (exact) mass is 348 g/mol. The fourth-order valence-corrected chi connectivity index (χ4v) is 2.58. The van der Waals surface area contributed by atoms with Crippen LogP contribution in [0.2, 0.25) is 0 Å². The Morgan fingerprint density at radius 1 is 1.24 bits per heavy atom. The van der Waals surface area contributed by atoms with E-state index in [-0.39, 0.29) is 23.7 Å². The third kappa shape index (κ3) is 3.85. The zero-order valence-corrected chi connectivity index (χ0v) is 14.5. The van der Waals surface area contributed by atoms with Gasteiger partial charge in [-0.15, -0.1) is 0 Å². The second-order valence-electron chi connectivity index (χ2n) is 5.82. The van der Waals surface area contributed by atoms with Gasteiger partial charge in [-0.2, -0.15) is 0 Å². The van der Waals surface area contributed by atoms with E-state index >= 15 is 0 Å². The highest BCUT2D eigenvalue weighted by atomic mass is 19.1. The predicted molar refractivity (Wildman–Crippen MR) is 93.0 cm³/mol. The van der Waals surface area contributed by atoms with Crippen LogP contribution in [0.3, 0.4) is 0 Å². The molecule has 8 heteroatoms. The molecule has 1 aromatic carbocycles. The van der Waals surface area contributed by atoms with Gasteiger partial charge in [-0.3, -0.25) is 23.6 Å². The number of aromatic nitrogens is 2. The van der Waals surface area contributed by atoms with E-state index in [4.69, 9.17) is 5.73 Å². The summed E-state index contributed by atoms with van der Waals surface area (Å²) in [7, 11) is 2.70. The summed E-state index contributed by atoms with van der Waals surface area (Å²) in [5.41, 5.74) is 5.01. The van der Waals surface area contributed by atoms with Crippen molar-refractivity contribution >= 4 is 11.6 Å². The molecule has 0 fully saturated rings. The minimum Gasteiger partial charge on any atom is -0.384 e. The molecule has 0 atom stereocenters. The molecule has 0 bridgehead atoms. The van der Waals surface area contributed by atoms with Crippen LogP contribution in [-0.2, 0) is 20.6 Å². The molecule has 2 aromatic rings. The molecule has 0 amide bonds. The number of nitrogens with two attached hydrogens (primary N) is 1. The highest BCUT2D eigenvalue weighted by molar-refractivity contribution is 6.01. The van der Waals surface area contributed by atoms with E-state index in [9.17, 15) is 18.8 Å². The van der Waals surface area contributed by atoms with E-state index in [1.807, 2.05) is 6.92 Å². The summed E-state index contributed by atoms with van der Waals surface area (Å²) in [4.78, 5) is 38.5. The zero-order valence-electron chi connectivity index (χ0n) is 14.5. The average Bonchev–Trinajstić information content (AvgIpc) is 2.58. The van der Waals surface area contributed by atoms with Crippen molar-refractivity contribution < 1.29 is 9.18 Å². The number of anilines is 1. The van der Waals surface area contributed by atoms with E-state index in [2.05, 4.69) is 0 Å². The summed E-state index contributed by atoms with van der Waals surface area (Å²) >= 11 is 0. The predicted octanol–water partition coefficient (Wildman–Crippen LogP) is 0.510. The molecule has 0 radical (unpaired) electrons.